The first-order valence-electron chi connectivity index (χ1n) is 5.86. The van der Waals surface area contributed by atoms with Crippen LogP contribution < -0.4 is 0 Å². The fourth-order valence-electron chi connectivity index (χ4n) is 2.25. The first-order valence-corrected chi connectivity index (χ1v) is 5.86. The van der Waals surface area contributed by atoms with Gasteiger partial charge in [-0.1, -0.05) is 0 Å². The monoisotopic (exact) mass is 221 g/mol. The molecule has 0 spiro atoms. The highest BCUT2D eigenvalue weighted by molar-refractivity contribution is 5.78. The van der Waals surface area contributed by atoms with Crippen LogP contribution in [-0.4, -0.2) is 33.3 Å². The highest BCUT2D eigenvalue weighted by Crippen LogP contribution is 2.19. The summed E-state index contributed by atoms with van der Waals surface area (Å²) in [4.78, 5) is 17.9. The van der Waals surface area contributed by atoms with Crippen LogP contribution in [0.2, 0.25) is 0 Å². The molecule has 16 heavy (non-hydrogen) atoms. The molecule has 1 aromatic rings. The molecule has 0 bridgehead atoms. The average Bonchev–Trinajstić information content (AvgIpc) is 2.65. The summed E-state index contributed by atoms with van der Waals surface area (Å²) < 4.78 is 2.05. The molecule has 0 radical (unpaired) electrons. The molecule has 4 heteroatoms. The van der Waals surface area contributed by atoms with Crippen molar-refractivity contribution in [3.05, 3.63) is 18.2 Å². The maximum absolute atomic E-state index is 11.2. The minimum Gasteiger partial charge on any atom is -0.337 e. The lowest BCUT2D eigenvalue weighted by Gasteiger charge is -2.30. The van der Waals surface area contributed by atoms with Crippen LogP contribution in [0.5, 0.6) is 0 Å². The van der Waals surface area contributed by atoms with Gasteiger partial charge in [0, 0.05) is 25.4 Å². The van der Waals surface area contributed by atoms with Gasteiger partial charge in [-0.2, -0.15) is 0 Å². The number of piperidine rings is 1. The van der Waals surface area contributed by atoms with Crippen LogP contribution in [0.15, 0.2) is 12.4 Å². The molecule has 1 fully saturated rings. The molecule has 2 rings (SSSR count). The Labute approximate surface area is 96.3 Å². The van der Waals surface area contributed by atoms with E-state index < -0.39 is 0 Å². The fraction of sp³-hybridized carbons (Fsp3) is 0.667. The van der Waals surface area contributed by atoms with Gasteiger partial charge >= 0.3 is 0 Å². The molecule has 0 N–H and O–H groups in total. The van der Waals surface area contributed by atoms with E-state index in [0.29, 0.717) is 5.78 Å². The Hall–Kier alpha value is -1.16. The summed E-state index contributed by atoms with van der Waals surface area (Å²) in [6, 6.07) is 0. The van der Waals surface area contributed by atoms with Crippen molar-refractivity contribution in [3.8, 4) is 0 Å². The van der Waals surface area contributed by atoms with E-state index in [9.17, 15) is 4.79 Å². The quantitative estimate of drug-likeness (QED) is 0.770. The van der Waals surface area contributed by atoms with Gasteiger partial charge in [-0.15, -0.1) is 0 Å². The first kappa shape index (κ1) is 11.3. The summed E-state index contributed by atoms with van der Waals surface area (Å²) >= 11 is 0. The molecule has 1 aliphatic heterocycles. The van der Waals surface area contributed by atoms with Crippen LogP contribution in [-0.2, 0) is 18.4 Å². The lowest BCUT2D eigenvalue weighted by atomic mass is 9.93. The van der Waals surface area contributed by atoms with Crippen molar-refractivity contribution in [2.45, 2.75) is 26.3 Å². The number of hydrogen-bond acceptors (Lipinski definition) is 3. The van der Waals surface area contributed by atoms with Crippen LogP contribution in [0.1, 0.15) is 25.6 Å². The molecule has 88 valence electrons. The highest BCUT2D eigenvalue weighted by atomic mass is 16.1. The molecule has 0 saturated carbocycles. The summed E-state index contributed by atoms with van der Waals surface area (Å²) in [6.07, 6.45) is 5.80. The molecule has 1 aliphatic rings. The van der Waals surface area contributed by atoms with Crippen molar-refractivity contribution in [3.63, 3.8) is 0 Å². The molecule has 1 saturated heterocycles. The number of nitrogens with zero attached hydrogens (tertiary/aromatic N) is 3. The average molecular weight is 221 g/mol. The molecule has 2 heterocycles. The Morgan fingerprint density at radius 3 is 2.69 bits per heavy atom. The van der Waals surface area contributed by atoms with E-state index >= 15 is 0 Å². The summed E-state index contributed by atoms with van der Waals surface area (Å²) in [6.45, 7) is 4.63. The van der Waals surface area contributed by atoms with Gasteiger partial charge < -0.3 is 4.57 Å². The number of Topliss-reactive ketones (excluding diaryl/α,β-unsaturated/α-hetero) is 1. The largest absolute Gasteiger partial charge is 0.337 e. The van der Waals surface area contributed by atoms with Gasteiger partial charge in [0.1, 0.15) is 11.6 Å². The van der Waals surface area contributed by atoms with Gasteiger partial charge in [0.15, 0.2) is 0 Å². The SMILES string of the molecule is CC(=O)C1CCN(Cc2nccn2C)CC1. The topological polar surface area (TPSA) is 38.1 Å². The second-order valence-corrected chi connectivity index (χ2v) is 4.62. The van der Waals surface area contributed by atoms with Crippen molar-refractivity contribution in [1.82, 2.24) is 14.5 Å². The lowest BCUT2D eigenvalue weighted by Crippen LogP contribution is -2.35. The van der Waals surface area contributed by atoms with Gasteiger partial charge in [0.05, 0.1) is 6.54 Å². The van der Waals surface area contributed by atoms with Crippen LogP contribution in [0.4, 0.5) is 0 Å². The zero-order valence-electron chi connectivity index (χ0n) is 10.0. The number of aromatic nitrogens is 2. The zero-order valence-corrected chi connectivity index (χ0v) is 10.0. The maximum atomic E-state index is 11.2. The molecule has 1 aromatic heterocycles. The van der Waals surface area contributed by atoms with Crippen molar-refractivity contribution in [2.24, 2.45) is 13.0 Å². The van der Waals surface area contributed by atoms with E-state index in [1.54, 1.807) is 6.92 Å². The summed E-state index contributed by atoms with van der Waals surface area (Å²) in [5, 5.41) is 0. The van der Waals surface area contributed by atoms with E-state index in [1.807, 2.05) is 19.4 Å². The van der Waals surface area contributed by atoms with Crippen LogP contribution >= 0.6 is 0 Å². The second-order valence-electron chi connectivity index (χ2n) is 4.62. The molecule has 0 aromatic carbocycles. The van der Waals surface area contributed by atoms with Crippen molar-refractivity contribution >= 4 is 5.78 Å². The first-order chi connectivity index (χ1) is 7.66. The van der Waals surface area contributed by atoms with Crippen molar-refractivity contribution < 1.29 is 4.79 Å². The Morgan fingerprint density at radius 2 is 2.19 bits per heavy atom. The minimum atomic E-state index is 0.289. The Balaban J connectivity index is 1.86. The Morgan fingerprint density at radius 1 is 1.50 bits per heavy atom. The number of imidazole rings is 1. The van der Waals surface area contributed by atoms with Crippen LogP contribution in [0, 0.1) is 5.92 Å². The van der Waals surface area contributed by atoms with Gasteiger partial charge in [-0.3, -0.25) is 9.69 Å². The summed E-state index contributed by atoms with van der Waals surface area (Å²) in [5.74, 6) is 1.73. The minimum absolute atomic E-state index is 0.289. The van der Waals surface area contributed by atoms with E-state index in [2.05, 4.69) is 14.5 Å². The second kappa shape index (κ2) is 4.78. The van der Waals surface area contributed by atoms with E-state index in [4.69, 9.17) is 0 Å². The number of carbonyl (C=O) groups is 1. The predicted octanol–water partition coefficient (Wildman–Crippen LogP) is 1.22. The van der Waals surface area contributed by atoms with Crippen molar-refractivity contribution in [2.75, 3.05) is 13.1 Å². The molecule has 0 amide bonds. The molecule has 0 aliphatic carbocycles. The number of likely N-dealkylation sites (tertiary alicyclic amines) is 1. The number of carbonyl (C=O) groups excluding carboxylic acids is 1. The van der Waals surface area contributed by atoms with Gasteiger partial charge in [0.25, 0.3) is 0 Å². The number of rotatable bonds is 3. The fourth-order valence-corrected chi connectivity index (χ4v) is 2.25. The van der Waals surface area contributed by atoms with Crippen LogP contribution in [0.25, 0.3) is 0 Å². The lowest BCUT2D eigenvalue weighted by molar-refractivity contribution is -0.122. The third-order valence-electron chi connectivity index (χ3n) is 3.45. The smallest absolute Gasteiger partial charge is 0.133 e. The Bertz CT molecular complexity index is 364. The maximum Gasteiger partial charge on any atom is 0.133 e. The van der Waals surface area contributed by atoms with Crippen molar-refractivity contribution in [1.29, 1.82) is 0 Å². The third kappa shape index (κ3) is 2.50. The van der Waals surface area contributed by atoms with Gasteiger partial charge in [-0.05, 0) is 32.9 Å². The molecular formula is C12H19N3O. The van der Waals surface area contributed by atoms with E-state index in [1.165, 1.54) is 0 Å². The standard InChI is InChI=1S/C12H19N3O/c1-10(16)11-3-6-15(7-4-11)9-12-13-5-8-14(12)2/h5,8,11H,3-4,6-7,9H2,1-2H3. The van der Waals surface area contributed by atoms with Crippen LogP contribution in [0.3, 0.4) is 0 Å². The van der Waals surface area contributed by atoms with Gasteiger partial charge in [-0.25, -0.2) is 4.98 Å². The third-order valence-corrected chi connectivity index (χ3v) is 3.45. The molecular weight excluding hydrogens is 202 g/mol. The predicted molar refractivity (Wildman–Crippen MR) is 61.9 cm³/mol. The number of ketones is 1. The molecule has 4 nitrogen and oxygen atoms in total. The van der Waals surface area contributed by atoms with E-state index in [-0.39, 0.29) is 5.92 Å². The molecule has 0 atom stereocenters. The zero-order chi connectivity index (χ0) is 11.5. The summed E-state index contributed by atoms with van der Waals surface area (Å²) in [5.41, 5.74) is 0. The highest BCUT2D eigenvalue weighted by Gasteiger charge is 2.22. The number of hydrogen-bond donors (Lipinski definition) is 0. The van der Waals surface area contributed by atoms with E-state index in [0.717, 1.165) is 38.3 Å². The summed E-state index contributed by atoms with van der Waals surface area (Å²) in [7, 11) is 2.02. The number of aryl methyl sites for hydroxylation is 1. The normalized spacial score (nSPS) is 18.9. The molecule has 0 unspecified atom stereocenters. The Kier molecular flexibility index (Phi) is 3.39. The van der Waals surface area contributed by atoms with Gasteiger partial charge in [0.2, 0.25) is 0 Å².